The number of fused-ring (bicyclic) bond motifs is 2. The minimum Gasteiger partial charge on any atom is -0.298 e. The third kappa shape index (κ3) is 3.84. The minimum atomic E-state index is -0.135. The van der Waals surface area contributed by atoms with E-state index in [0.717, 1.165) is 48.3 Å². The van der Waals surface area contributed by atoms with E-state index in [1.165, 1.54) is 10.4 Å². The molecule has 1 aliphatic rings. The predicted octanol–water partition coefficient (Wildman–Crippen LogP) is 4.81. The van der Waals surface area contributed by atoms with Gasteiger partial charge in [0.2, 0.25) is 0 Å². The van der Waals surface area contributed by atoms with Crippen LogP contribution in [0.5, 0.6) is 0 Å². The molecule has 0 bridgehead atoms. The number of anilines is 1. The molecule has 2 aromatic heterocycles. The van der Waals surface area contributed by atoms with E-state index in [0.29, 0.717) is 10.7 Å². The number of amides is 1. The van der Waals surface area contributed by atoms with Gasteiger partial charge in [-0.15, -0.1) is 11.3 Å². The van der Waals surface area contributed by atoms with Gasteiger partial charge in [-0.2, -0.15) is 0 Å². The zero-order valence-electron chi connectivity index (χ0n) is 16.8. The fraction of sp³-hybridized carbons (Fsp3) is 0.208. The summed E-state index contributed by atoms with van der Waals surface area (Å²) < 4.78 is 0. The highest BCUT2D eigenvalue weighted by Crippen LogP contribution is 2.30. The van der Waals surface area contributed by atoms with Crippen molar-refractivity contribution in [2.24, 2.45) is 0 Å². The Morgan fingerprint density at radius 1 is 1.10 bits per heavy atom. The van der Waals surface area contributed by atoms with Crippen molar-refractivity contribution in [3.05, 3.63) is 88.1 Å². The molecule has 0 unspecified atom stereocenters. The minimum absolute atomic E-state index is 0.135. The fourth-order valence-corrected chi connectivity index (χ4v) is 4.98. The maximum Gasteiger partial charge on any atom is 0.258 e. The summed E-state index contributed by atoms with van der Waals surface area (Å²) in [5.74, 6) is -0.135. The molecule has 0 aliphatic carbocycles. The lowest BCUT2D eigenvalue weighted by atomic mass is 10.1. The highest BCUT2D eigenvalue weighted by Gasteiger charge is 2.22. The molecule has 150 valence electrons. The average Bonchev–Trinajstić information content (AvgIpc) is 3.15. The SMILES string of the molecule is Cc1cc(C(=O)Nc2nc3c(s2)CN(Cc2ccccc2)CC3)c2ccccc2n1. The van der Waals surface area contributed by atoms with Crippen molar-refractivity contribution in [1.82, 2.24) is 14.9 Å². The summed E-state index contributed by atoms with van der Waals surface area (Å²) in [5, 5.41) is 4.55. The van der Waals surface area contributed by atoms with E-state index >= 15 is 0 Å². The third-order valence-electron chi connectivity index (χ3n) is 5.37. The first kappa shape index (κ1) is 18.9. The Bertz CT molecular complexity index is 1220. The zero-order valence-corrected chi connectivity index (χ0v) is 17.6. The van der Waals surface area contributed by atoms with E-state index in [9.17, 15) is 4.79 Å². The summed E-state index contributed by atoms with van der Waals surface area (Å²) in [6, 6.07) is 20.1. The van der Waals surface area contributed by atoms with Gasteiger partial charge in [0, 0.05) is 42.0 Å². The summed E-state index contributed by atoms with van der Waals surface area (Å²) in [4.78, 5) is 25.9. The molecule has 0 saturated heterocycles. The lowest BCUT2D eigenvalue weighted by molar-refractivity contribution is 0.102. The number of benzene rings is 2. The van der Waals surface area contributed by atoms with Crippen molar-refractivity contribution in [3.63, 3.8) is 0 Å². The third-order valence-corrected chi connectivity index (χ3v) is 6.37. The molecule has 30 heavy (non-hydrogen) atoms. The molecule has 1 amide bonds. The van der Waals surface area contributed by atoms with E-state index in [-0.39, 0.29) is 5.91 Å². The van der Waals surface area contributed by atoms with Crippen LogP contribution in [0.1, 0.15) is 32.2 Å². The van der Waals surface area contributed by atoms with Crippen LogP contribution in [0.15, 0.2) is 60.7 Å². The Labute approximate surface area is 179 Å². The van der Waals surface area contributed by atoms with Crippen LogP contribution in [0.3, 0.4) is 0 Å². The lowest BCUT2D eigenvalue weighted by Gasteiger charge is -2.25. The molecule has 4 aromatic rings. The smallest absolute Gasteiger partial charge is 0.258 e. The monoisotopic (exact) mass is 414 g/mol. The number of para-hydroxylation sites is 1. The number of nitrogens with zero attached hydrogens (tertiary/aromatic N) is 3. The molecule has 0 radical (unpaired) electrons. The van der Waals surface area contributed by atoms with Crippen LogP contribution in [0.4, 0.5) is 5.13 Å². The van der Waals surface area contributed by atoms with Gasteiger partial charge in [0.15, 0.2) is 5.13 Å². The second-order valence-corrected chi connectivity index (χ2v) is 8.70. The molecule has 1 N–H and O–H groups in total. The molecular weight excluding hydrogens is 392 g/mol. The number of pyridine rings is 1. The van der Waals surface area contributed by atoms with E-state index < -0.39 is 0 Å². The Morgan fingerprint density at radius 3 is 2.77 bits per heavy atom. The Balaban J connectivity index is 1.34. The van der Waals surface area contributed by atoms with Crippen LogP contribution in [0, 0.1) is 6.92 Å². The molecule has 2 aromatic carbocycles. The first-order valence-corrected chi connectivity index (χ1v) is 10.9. The molecule has 0 saturated carbocycles. The summed E-state index contributed by atoms with van der Waals surface area (Å²) in [7, 11) is 0. The van der Waals surface area contributed by atoms with E-state index in [1.807, 2.05) is 43.3 Å². The highest BCUT2D eigenvalue weighted by molar-refractivity contribution is 7.15. The molecule has 6 heteroatoms. The van der Waals surface area contributed by atoms with Gasteiger partial charge in [-0.1, -0.05) is 48.5 Å². The molecule has 0 atom stereocenters. The van der Waals surface area contributed by atoms with Crippen molar-refractivity contribution in [3.8, 4) is 0 Å². The van der Waals surface area contributed by atoms with Crippen LogP contribution in [-0.2, 0) is 19.5 Å². The van der Waals surface area contributed by atoms with Crippen LogP contribution in [-0.4, -0.2) is 27.3 Å². The van der Waals surface area contributed by atoms with Crippen LogP contribution in [0.2, 0.25) is 0 Å². The van der Waals surface area contributed by atoms with Gasteiger partial charge in [0.25, 0.3) is 5.91 Å². The van der Waals surface area contributed by atoms with E-state index in [4.69, 9.17) is 4.98 Å². The second kappa shape index (κ2) is 7.97. The van der Waals surface area contributed by atoms with Crippen LogP contribution in [0.25, 0.3) is 10.9 Å². The maximum atomic E-state index is 13.0. The lowest BCUT2D eigenvalue weighted by Crippen LogP contribution is -2.29. The van der Waals surface area contributed by atoms with Gasteiger partial charge in [-0.25, -0.2) is 4.98 Å². The Hall–Kier alpha value is -3.09. The topological polar surface area (TPSA) is 58.1 Å². The van der Waals surface area contributed by atoms with Gasteiger partial charge in [0.05, 0.1) is 16.8 Å². The first-order chi connectivity index (χ1) is 14.7. The number of aryl methyl sites for hydroxylation is 1. The molecule has 1 aliphatic heterocycles. The van der Waals surface area contributed by atoms with Crippen LogP contribution < -0.4 is 5.32 Å². The number of nitrogens with one attached hydrogen (secondary N) is 1. The van der Waals surface area contributed by atoms with Gasteiger partial charge in [-0.3, -0.25) is 20.0 Å². The number of carbonyl (C=O) groups is 1. The first-order valence-electron chi connectivity index (χ1n) is 10.1. The number of aromatic nitrogens is 2. The quantitative estimate of drug-likeness (QED) is 0.521. The van der Waals surface area contributed by atoms with Crippen molar-refractivity contribution < 1.29 is 4.79 Å². The Kier molecular flexibility index (Phi) is 5.02. The number of hydrogen-bond donors (Lipinski definition) is 1. The standard InChI is InChI=1S/C24H22N4OS/c1-16-13-19(18-9-5-6-10-20(18)25-16)23(29)27-24-26-21-11-12-28(15-22(21)30-24)14-17-7-3-2-4-8-17/h2-10,13H,11-12,14-15H2,1H3,(H,26,27,29). The molecule has 5 nitrogen and oxygen atoms in total. The summed E-state index contributed by atoms with van der Waals surface area (Å²) in [6.07, 6.45) is 0.909. The Morgan fingerprint density at radius 2 is 1.90 bits per heavy atom. The number of thiazole rings is 1. The number of hydrogen-bond acceptors (Lipinski definition) is 5. The predicted molar refractivity (Wildman–Crippen MR) is 121 cm³/mol. The summed E-state index contributed by atoms with van der Waals surface area (Å²) in [5.41, 5.74) is 4.72. The molecule has 0 fully saturated rings. The van der Waals surface area contributed by atoms with Gasteiger partial charge in [0.1, 0.15) is 0 Å². The number of rotatable bonds is 4. The molecule has 5 rings (SSSR count). The fourth-order valence-electron chi connectivity index (χ4n) is 3.94. The summed E-state index contributed by atoms with van der Waals surface area (Å²) in [6.45, 7) is 4.69. The van der Waals surface area contributed by atoms with Gasteiger partial charge < -0.3 is 0 Å². The highest BCUT2D eigenvalue weighted by atomic mass is 32.1. The molecule has 0 spiro atoms. The van der Waals surface area contributed by atoms with E-state index in [2.05, 4.69) is 39.5 Å². The van der Waals surface area contributed by atoms with Crippen molar-refractivity contribution in [1.29, 1.82) is 0 Å². The molecular formula is C24H22N4OS. The van der Waals surface area contributed by atoms with Crippen molar-refractivity contribution in [2.75, 3.05) is 11.9 Å². The zero-order chi connectivity index (χ0) is 20.5. The van der Waals surface area contributed by atoms with Gasteiger partial charge in [-0.05, 0) is 24.6 Å². The largest absolute Gasteiger partial charge is 0.298 e. The number of carbonyl (C=O) groups excluding carboxylic acids is 1. The van der Waals surface area contributed by atoms with E-state index in [1.54, 1.807) is 11.3 Å². The van der Waals surface area contributed by atoms with Gasteiger partial charge >= 0.3 is 0 Å². The maximum absolute atomic E-state index is 13.0. The summed E-state index contributed by atoms with van der Waals surface area (Å²) >= 11 is 1.58. The van der Waals surface area contributed by atoms with Crippen molar-refractivity contribution in [2.45, 2.75) is 26.4 Å². The van der Waals surface area contributed by atoms with Crippen molar-refractivity contribution >= 4 is 33.3 Å². The second-order valence-electron chi connectivity index (χ2n) is 7.62. The van der Waals surface area contributed by atoms with Crippen LogP contribution >= 0.6 is 11.3 Å². The normalized spacial score (nSPS) is 13.9. The average molecular weight is 415 g/mol. The molecule has 3 heterocycles.